The minimum atomic E-state index is -0.321. The first-order valence-electron chi connectivity index (χ1n) is 4.44. The van der Waals surface area contributed by atoms with Crippen molar-refractivity contribution in [3.05, 3.63) is 28.2 Å². The molecule has 0 radical (unpaired) electrons. The topological polar surface area (TPSA) is 46.5 Å². The Kier molecular flexibility index (Phi) is 2.55. The summed E-state index contributed by atoms with van der Waals surface area (Å²) in [5, 5.41) is 10.2. The molecule has 0 spiro atoms. The fourth-order valence-corrected chi connectivity index (χ4v) is 3.73. The van der Waals surface area contributed by atoms with Crippen molar-refractivity contribution in [3.63, 3.8) is 0 Å². The van der Waals surface area contributed by atoms with E-state index in [1.807, 2.05) is 13.0 Å². The summed E-state index contributed by atoms with van der Waals surface area (Å²) in [7, 11) is 1.37. The van der Waals surface area contributed by atoms with Gasteiger partial charge in [-0.05, 0) is 0 Å². The van der Waals surface area contributed by atoms with Gasteiger partial charge in [0.1, 0.15) is 0 Å². The normalized spacial score (nSPS) is 10.5. The van der Waals surface area contributed by atoms with Crippen molar-refractivity contribution in [1.82, 2.24) is 0 Å². The molecule has 0 fully saturated rings. The average molecular weight is 269 g/mol. The third kappa shape index (κ3) is 1.66. The number of hydrogen-bond acceptors (Lipinski definition) is 3. The number of aromatic hydroxyl groups is 1. The van der Waals surface area contributed by atoms with Crippen LogP contribution in [0.4, 0.5) is 0 Å². The van der Waals surface area contributed by atoms with Gasteiger partial charge in [-0.3, -0.25) is 0 Å². The van der Waals surface area contributed by atoms with Crippen molar-refractivity contribution >= 4 is 30.1 Å². The molecular weight excluding hydrogens is 259 g/mol. The van der Waals surface area contributed by atoms with Crippen LogP contribution in [-0.4, -0.2) is 32.7 Å². The second-order valence-electron chi connectivity index (χ2n) is 3.21. The van der Waals surface area contributed by atoms with Crippen LogP contribution >= 0.6 is 0 Å². The maximum absolute atomic E-state index is 11.5. The molecule has 0 aliphatic rings. The number of phenolic OH excluding ortho intramolecular Hbond substituents is 1. The molecule has 0 aliphatic carbocycles. The van der Waals surface area contributed by atoms with Gasteiger partial charge in [-0.2, -0.15) is 0 Å². The molecule has 1 aromatic heterocycles. The van der Waals surface area contributed by atoms with Gasteiger partial charge in [0, 0.05) is 0 Å². The molecule has 15 heavy (non-hydrogen) atoms. The quantitative estimate of drug-likeness (QED) is 0.633. The van der Waals surface area contributed by atoms with Gasteiger partial charge in [-0.15, -0.1) is 0 Å². The molecule has 2 aromatic rings. The second-order valence-corrected chi connectivity index (χ2v) is 5.84. The molecule has 0 saturated heterocycles. The van der Waals surface area contributed by atoms with Crippen LogP contribution in [0.2, 0.25) is 0 Å². The summed E-state index contributed by atoms with van der Waals surface area (Å²) in [6.45, 7) is 1.93. The van der Waals surface area contributed by atoms with Gasteiger partial charge in [0.2, 0.25) is 0 Å². The molecular formula is C11H10O3Se. The van der Waals surface area contributed by atoms with E-state index in [-0.39, 0.29) is 26.2 Å². The van der Waals surface area contributed by atoms with Gasteiger partial charge in [0.25, 0.3) is 0 Å². The number of hydrogen-bond donors (Lipinski definition) is 1. The van der Waals surface area contributed by atoms with Crippen LogP contribution in [0.3, 0.4) is 0 Å². The number of carbonyl (C=O) groups is 1. The van der Waals surface area contributed by atoms with Gasteiger partial charge in [0.15, 0.2) is 0 Å². The zero-order valence-corrected chi connectivity index (χ0v) is 10.1. The molecule has 0 unspecified atom stereocenters. The molecule has 78 valence electrons. The Labute approximate surface area is 93.0 Å². The number of fused-ring (bicyclic) bond motifs is 1. The molecule has 0 amide bonds. The second kappa shape index (κ2) is 3.72. The van der Waals surface area contributed by atoms with E-state index in [2.05, 4.69) is 0 Å². The van der Waals surface area contributed by atoms with Crippen molar-refractivity contribution < 1.29 is 14.6 Å². The molecule has 1 N–H and O–H groups in total. The molecule has 1 aromatic carbocycles. The van der Waals surface area contributed by atoms with Gasteiger partial charge in [-0.25, -0.2) is 0 Å². The van der Waals surface area contributed by atoms with Crippen molar-refractivity contribution in [2.45, 2.75) is 6.92 Å². The van der Waals surface area contributed by atoms with Gasteiger partial charge in [-0.1, -0.05) is 0 Å². The molecule has 0 aliphatic heterocycles. The molecule has 3 nitrogen and oxygen atoms in total. The molecule has 4 heteroatoms. The van der Waals surface area contributed by atoms with E-state index >= 15 is 0 Å². The fourth-order valence-electron chi connectivity index (χ4n) is 1.56. The Morgan fingerprint density at radius 1 is 1.47 bits per heavy atom. The van der Waals surface area contributed by atoms with Gasteiger partial charge in [0.05, 0.1) is 0 Å². The first kappa shape index (κ1) is 10.3. The Morgan fingerprint density at radius 2 is 2.20 bits per heavy atom. The zero-order chi connectivity index (χ0) is 11.0. The summed E-state index contributed by atoms with van der Waals surface area (Å²) in [6.07, 6.45) is 0. The number of methoxy groups -OCH3 is 1. The Bertz CT molecular complexity index is 528. The van der Waals surface area contributed by atoms with Gasteiger partial charge >= 0.3 is 92.7 Å². The number of esters is 1. The number of benzene rings is 1. The average Bonchev–Trinajstić information content (AvgIpc) is 2.52. The molecule has 0 bridgehead atoms. The predicted octanol–water partition coefficient (Wildman–Crippen LogP) is 1.70. The first-order chi connectivity index (χ1) is 7.13. The minimum absolute atomic E-state index is 0.173. The summed E-state index contributed by atoms with van der Waals surface area (Å²) in [6, 6.07) is 5.14. The monoisotopic (exact) mass is 270 g/mol. The van der Waals surface area contributed by atoms with Crippen LogP contribution in [0.25, 0.3) is 9.65 Å². The van der Waals surface area contributed by atoms with Crippen LogP contribution in [0.15, 0.2) is 18.2 Å². The number of carbonyl (C=O) groups excluding carboxylic acids is 1. The SMILES string of the molecule is COC(=O)c1c(C)[se]c2ccc(O)cc12. The predicted molar refractivity (Wildman–Crippen MR) is 58.6 cm³/mol. The summed E-state index contributed by atoms with van der Waals surface area (Å²) >= 11 is 0.173. The third-order valence-electron chi connectivity index (χ3n) is 2.24. The van der Waals surface area contributed by atoms with Crippen LogP contribution in [0, 0.1) is 6.92 Å². The Morgan fingerprint density at radius 3 is 2.87 bits per heavy atom. The maximum atomic E-state index is 11.5. The van der Waals surface area contributed by atoms with Crippen LogP contribution in [-0.2, 0) is 4.74 Å². The Hall–Kier alpha value is -1.25. The third-order valence-corrected chi connectivity index (χ3v) is 4.52. The molecule has 0 atom stereocenters. The van der Waals surface area contributed by atoms with E-state index in [1.54, 1.807) is 12.1 Å². The van der Waals surface area contributed by atoms with Crippen molar-refractivity contribution in [3.8, 4) is 5.75 Å². The van der Waals surface area contributed by atoms with Gasteiger partial charge < -0.3 is 0 Å². The van der Waals surface area contributed by atoms with Crippen molar-refractivity contribution in [2.75, 3.05) is 7.11 Å². The van der Waals surface area contributed by atoms with E-state index in [0.29, 0.717) is 5.56 Å². The van der Waals surface area contributed by atoms with E-state index < -0.39 is 0 Å². The Balaban J connectivity index is 2.76. The number of aryl methyl sites for hydroxylation is 1. The fraction of sp³-hybridized carbons (Fsp3) is 0.182. The van der Waals surface area contributed by atoms with Crippen molar-refractivity contribution in [1.29, 1.82) is 0 Å². The standard InChI is InChI=1S/C11H10O3Se/c1-6-10(11(13)14-2)8-5-7(12)3-4-9(8)15-6/h3-5,12H,1-2H3. The summed E-state index contributed by atoms with van der Waals surface area (Å²) in [5.74, 6) is -0.139. The molecule has 1 heterocycles. The number of rotatable bonds is 1. The number of ether oxygens (including phenoxy) is 1. The summed E-state index contributed by atoms with van der Waals surface area (Å²) in [5.41, 5.74) is 0.614. The van der Waals surface area contributed by atoms with E-state index in [4.69, 9.17) is 4.74 Å². The summed E-state index contributed by atoms with van der Waals surface area (Å²) < 4.78 is 6.91. The zero-order valence-electron chi connectivity index (χ0n) is 8.40. The first-order valence-corrected chi connectivity index (χ1v) is 6.15. The van der Waals surface area contributed by atoms with Crippen LogP contribution in [0.5, 0.6) is 5.75 Å². The summed E-state index contributed by atoms with van der Waals surface area (Å²) in [4.78, 5) is 11.5. The number of phenols is 1. The van der Waals surface area contributed by atoms with E-state index in [1.165, 1.54) is 7.11 Å². The van der Waals surface area contributed by atoms with E-state index in [9.17, 15) is 9.90 Å². The van der Waals surface area contributed by atoms with Crippen LogP contribution < -0.4 is 0 Å². The van der Waals surface area contributed by atoms with Crippen LogP contribution in [0.1, 0.15) is 14.8 Å². The molecule has 2 rings (SSSR count). The molecule has 0 saturated carbocycles. The van der Waals surface area contributed by atoms with E-state index in [0.717, 1.165) is 14.1 Å². The van der Waals surface area contributed by atoms with Crippen molar-refractivity contribution in [2.24, 2.45) is 0 Å².